The molecule has 1 N–H and O–H groups in total. The van der Waals surface area contributed by atoms with Crippen LogP contribution in [0.25, 0.3) is 0 Å². The Morgan fingerprint density at radius 3 is 2.47 bits per heavy atom. The molecule has 2 rings (SSSR count). The minimum Gasteiger partial charge on any atom is -0.462 e. The van der Waals surface area contributed by atoms with Gasteiger partial charge in [-0.05, 0) is 45.0 Å². The van der Waals surface area contributed by atoms with E-state index < -0.39 is 0 Å². The van der Waals surface area contributed by atoms with Gasteiger partial charge in [0.25, 0.3) is 0 Å². The Labute approximate surface area is 112 Å². The monoisotopic (exact) mass is 259 g/mol. The van der Waals surface area contributed by atoms with Crippen LogP contribution in [0.1, 0.15) is 28.7 Å². The summed E-state index contributed by atoms with van der Waals surface area (Å²) >= 11 is 0. The molecule has 19 heavy (non-hydrogen) atoms. The van der Waals surface area contributed by atoms with Crippen molar-refractivity contribution in [2.45, 2.75) is 20.8 Å². The van der Waals surface area contributed by atoms with Crippen molar-refractivity contribution >= 4 is 11.8 Å². The van der Waals surface area contributed by atoms with Crippen LogP contribution in [0.4, 0.5) is 5.82 Å². The van der Waals surface area contributed by atoms with E-state index in [9.17, 15) is 4.79 Å². The van der Waals surface area contributed by atoms with Crippen LogP contribution in [-0.2, 0) is 4.74 Å². The second kappa shape index (κ2) is 5.56. The SMILES string of the molecule is CCOC(=O)c1ccc(Nn2c(C)ccc2C)nc1. The molecule has 0 aliphatic carbocycles. The fraction of sp³-hybridized carbons (Fsp3) is 0.286. The summed E-state index contributed by atoms with van der Waals surface area (Å²) in [7, 11) is 0. The van der Waals surface area contributed by atoms with Gasteiger partial charge in [0.15, 0.2) is 0 Å². The largest absolute Gasteiger partial charge is 0.462 e. The number of rotatable bonds is 4. The first-order valence-electron chi connectivity index (χ1n) is 6.17. The van der Waals surface area contributed by atoms with E-state index >= 15 is 0 Å². The average Bonchev–Trinajstić information content (AvgIpc) is 2.72. The Morgan fingerprint density at radius 1 is 1.26 bits per heavy atom. The lowest BCUT2D eigenvalue weighted by atomic mass is 10.3. The molecule has 0 saturated heterocycles. The van der Waals surface area contributed by atoms with Gasteiger partial charge in [-0.25, -0.2) is 9.78 Å². The quantitative estimate of drug-likeness (QED) is 0.857. The van der Waals surface area contributed by atoms with Gasteiger partial charge in [0.2, 0.25) is 0 Å². The summed E-state index contributed by atoms with van der Waals surface area (Å²) in [5.74, 6) is 0.324. The predicted molar refractivity (Wildman–Crippen MR) is 73.1 cm³/mol. The first-order valence-corrected chi connectivity index (χ1v) is 6.17. The van der Waals surface area contributed by atoms with Crippen LogP contribution < -0.4 is 5.43 Å². The fourth-order valence-corrected chi connectivity index (χ4v) is 1.75. The van der Waals surface area contributed by atoms with Crippen molar-refractivity contribution < 1.29 is 9.53 Å². The number of aromatic nitrogens is 2. The molecule has 0 radical (unpaired) electrons. The van der Waals surface area contributed by atoms with Gasteiger partial charge in [-0.1, -0.05) is 0 Å². The van der Waals surface area contributed by atoms with Crippen molar-refractivity contribution in [2.75, 3.05) is 12.0 Å². The molecule has 100 valence electrons. The maximum Gasteiger partial charge on any atom is 0.339 e. The number of carbonyl (C=O) groups is 1. The predicted octanol–water partition coefficient (Wildman–Crippen LogP) is 2.55. The van der Waals surface area contributed by atoms with Crippen molar-refractivity contribution in [3.63, 3.8) is 0 Å². The van der Waals surface area contributed by atoms with Crippen LogP contribution in [0.15, 0.2) is 30.5 Å². The second-order valence-corrected chi connectivity index (χ2v) is 4.22. The summed E-state index contributed by atoms with van der Waals surface area (Å²) in [4.78, 5) is 15.7. The van der Waals surface area contributed by atoms with E-state index in [2.05, 4.69) is 10.4 Å². The molecular weight excluding hydrogens is 242 g/mol. The number of nitrogens with one attached hydrogen (secondary N) is 1. The van der Waals surface area contributed by atoms with Crippen LogP contribution in [0.5, 0.6) is 0 Å². The molecule has 0 saturated carbocycles. The zero-order valence-electron chi connectivity index (χ0n) is 11.3. The Morgan fingerprint density at radius 2 is 1.95 bits per heavy atom. The molecule has 0 fully saturated rings. The smallest absolute Gasteiger partial charge is 0.339 e. The van der Waals surface area contributed by atoms with E-state index in [-0.39, 0.29) is 5.97 Å². The number of aryl methyl sites for hydroxylation is 2. The summed E-state index contributed by atoms with van der Waals surface area (Å²) in [6, 6.07) is 7.50. The third-order valence-corrected chi connectivity index (χ3v) is 2.77. The molecule has 5 heteroatoms. The van der Waals surface area contributed by atoms with Gasteiger partial charge in [-0.3, -0.25) is 10.1 Å². The molecule has 5 nitrogen and oxygen atoms in total. The lowest BCUT2D eigenvalue weighted by molar-refractivity contribution is 0.0526. The lowest BCUT2D eigenvalue weighted by Gasteiger charge is -2.11. The lowest BCUT2D eigenvalue weighted by Crippen LogP contribution is -2.13. The van der Waals surface area contributed by atoms with E-state index in [1.807, 2.05) is 30.7 Å². The minimum absolute atomic E-state index is 0.352. The minimum atomic E-state index is -0.352. The summed E-state index contributed by atoms with van der Waals surface area (Å²) in [6.45, 7) is 6.15. The molecule has 0 atom stereocenters. The zero-order chi connectivity index (χ0) is 13.8. The van der Waals surface area contributed by atoms with Crippen LogP contribution in [0, 0.1) is 13.8 Å². The van der Waals surface area contributed by atoms with Crippen molar-refractivity contribution in [3.8, 4) is 0 Å². The molecule has 0 unspecified atom stereocenters. The summed E-state index contributed by atoms with van der Waals surface area (Å²) in [5.41, 5.74) is 5.81. The van der Waals surface area contributed by atoms with Gasteiger partial charge >= 0.3 is 5.97 Å². The average molecular weight is 259 g/mol. The number of esters is 1. The van der Waals surface area contributed by atoms with Crippen molar-refractivity contribution in [1.82, 2.24) is 9.66 Å². The molecule has 0 aromatic carbocycles. The highest BCUT2D eigenvalue weighted by Crippen LogP contribution is 2.11. The molecule has 0 aliphatic heterocycles. The van der Waals surface area contributed by atoms with E-state index in [1.54, 1.807) is 19.1 Å². The molecule has 0 bridgehead atoms. The van der Waals surface area contributed by atoms with E-state index in [0.29, 0.717) is 18.0 Å². The van der Waals surface area contributed by atoms with Crippen molar-refractivity contribution in [3.05, 3.63) is 47.4 Å². The standard InChI is InChI=1S/C14H17N3O2/c1-4-19-14(18)12-7-8-13(15-9-12)16-17-10(2)5-6-11(17)3/h5-9H,4H2,1-3H3,(H,15,16). The molecule has 2 heterocycles. The molecule has 2 aromatic rings. The maximum atomic E-state index is 11.5. The van der Waals surface area contributed by atoms with Crippen molar-refractivity contribution in [1.29, 1.82) is 0 Å². The number of nitrogens with zero attached hydrogens (tertiary/aromatic N) is 2. The molecule has 0 amide bonds. The first kappa shape index (κ1) is 13.1. The van der Waals surface area contributed by atoms with Gasteiger partial charge in [0.1, 0.15) is 5.82 Å². The number of ether oxygens (including phenoxy) is 1. The first-order chi connectivity index (χ1) is 9.11. The normalized spacial score (nSPS) is 10.3. The molecular formula is C14H17N3O2. The Bertz CT molecular complexity index is 553. The molecule has 2 aromatic heterocycles. The van der Waals surface area contributed by atoms with Gasteiger partial charge in [0.05, 0.1) is 12.2 Å². The maximum absolute atomic E-state index is 11.5. The zero-order valence-corrected chi connectivity index (χ0v) is 11.3. The Kier molecular flexibility index (Phi) is 3.85. The fourth-order valence-electron chi connectivity index (χ4n) is 1.75. The highest BCUT2D eigenvalue weighted by Gasteiger charge is 2.07. The van der Waals surface area contributed by atoms with E-state index in [4.69, 9.17) is 4.74 Å². The number of hydrogen-bond acceptors (Lipinski definition) is 4. The van der Waals surface area contributed by atoms with Crippen molar-refractivity contribution in [2.24, 2.45) is 0 Å². The van der Waals surface area contributed by atoms with Gasteiger partial charge in [0, 0.05) is 17.6 Å². The number of anilines is 1. The number of carbonyl (C=O) groups excluding carboxylic acids is 1. The van der Waals surface area contributed by atoms with Gasteiger partial charge in [-0.2, -0.15) is 0 Å². The molecule has 0 aliphatic rings. The molecule has 0 spiro atoms. The topological polar surface area (TPSA) is 56.1 Å². The number of hydrogen-bond donors (Lipinski definition) is 1. The number of pyridine rings is 1. The Hall–Kier alpha value is -2.30. The second-order valence-electron chi connectivity index (χ2n) is 4.22. The van der Waals surface area contributed by atoms with Crippen LogP contribution in [-0.4, -0.2) is 22.2 Å². The van der Waals surface area contributed by atoms with Crippen LogP contribution >= 0.6 is 0 Å². The summed E-state index contributed by atoms with van der Waals surface area (Å²) < 4.78 is 6.84. The van der Waals surface area contributed by atoms with Crippen LogP contribution in [0.2, 0.25) is 0 Å². The highest BCUT2D eigenvalue weighted by molar-refractivity contribution is 5.89. The summed E-state index contributed by atoms with van der Waals surface area (Å²) in [6.07, 6.45) is 1.51. The third kappa shape index (κ3) is 2.93. The van der Waals surface area contributed by atoms with Gasteiger partial charge < -0.3 is 4.74 Å². The highest BCUT2D eigenvalue weighted by atomic mass is 16.5. The Balaban J connectivity index is 2.13. The van der Waals surface area contributed by atoms with E-state index in [1.165, 1.54) is 6.20 Å². The summed E-state index contributed by atoms with van der Waals surface area (Å²) in [5, 5.41) is 0. The van der Waals surface area contributed by atoms with E-state index in [0.717, 1.165) is 11.4 Å². The van der Waals surface area contributed by atoms with Crippen LogP contribution in [0.3, 0.4) is 0 Å². The third-order valence-electron chi connectivity index (χ3n) is 2.77. The van der Waals surface area contributed by atoms with Gasteiger partial charge in [-0.15, -0.1) is 0 Å².